The highest BCUT2D eigenvalue weighted by molar-refractivity contribution is 5.75. The molecule has 0 saturated carbocycles. The number of benzene rings is 1. The van der Waals surface area contributed by atoms with Crippen molar-refractivity contribution in [3.63, 3.8) is 0 Å². The molecule has 0 aliphatic heterocycles. The maximum Gasteiger partial charge on any atom is 0.432 e. The fourth-order valence-corrected chi connectivity index (χ4v) is 1.93. The van der Waals surface area contributed by atoms with E-state index >= 15 is 0 Å². The van der Waals surface area contributed by atoms with Crippen LogP contribution in [0.2, 0.25) is 0 Å². The Hall–Kier alpha value is -2.37. The Kier molecular flexibility index (Phi) is 4.34. The number of para-hydroxylation sites is 1. The number of carbonyl (C=O) groups is 1. The Morgan fingerprint density at radius 3 is 2.70 bits per heavy atom. The third kappa shape index (κ3) is 2.96. The van der Waals surface area contributed by atoms with Crippen LogP contribution < -0.4 is 10.3 Å². The summed E-state index contributed by atoms with van der Waals surface area (Å²) in [6.45, 7) is 2.15. The highest BCUT2D eigenvalue weighted by Gasteiger charge is 2.25. The summed E-state index contributed by atoms with van der Waals surface area (Å²) >= 11 is 0. The molecule has 1 aromatic carbocycles. The van der Waals surface area contributed by atoms with E-state index in [1.165, 1.54) is 4.90 Å². The van der Waals surface area contributed by atoms with Crippen molar-refractivity contribution in [2.75, 3.05) is 7.05 Å². The van der Waals surface area contributed by atoms with Crippen molar-refractivity contribution in [3.8, 4) is 5.69 Å². The number of H-pyrrole nitrogens is 1. The number of nitrogens with one attached hydrogen (secondary N) is 1. The number of nitrogens with zero attached hydrogens (tertiary/aromatic N) is 2. The van der Waals surface area contributed by atoms with Crippen LogP contribution in [0.3, 0.4) is 0 Å². The van der Waals surface area contributed by atoms with Crippen LogP contribution in [0, 0.1) is 0 Å². The van der Waals surface area contributed by atoms with Gasteiger partial charge < -0.3 is 4.90 Å². The maximum atomic E-state index is 11.8. The molecule has 20 heavy (non-hydrogen) atoms. The Morgan fingerprint density at radius 1 is 1.35 bits per heavy atom. The highest BCUT2D eigenvalue weighted by Crippen LogP contribution is 2.02. The van der Waals surface area contributed by atoms with Gasteiger partial charge in [-0.25, -0.2) is 4.79 Å². The van der Waals surface area contributed by atoms with Crippen molar-refractivity contribution < 1.29 is 14.0 Å². The molecule has 6 heteroatoms. The van der Waals surface area contributed by atoms with Gasteiger partial charge in [0.15, 0.2) is 0 Å². The summed E-state index contributed by atoms with van der Waals surface area (Å²) in [5.74, 6) is 0.00714. The molecular formula is C14H18N3O3+. The van der Waals surface area contributed by atoms with E-state index in [0.717, 1.165) is 12.1 Å². The molecule has 0 bridgehead atoms. The van der Waals surface area contributed by atoms with Gasteiger partial charge >= 0.3 is 11.3 Å². The fourth-order valence-electron chi connectivity index (χ4n) is 1.93. The number of amides is 1. The summed E-state index contributed by atoms with van der Waals surface area (Å²) in [6.07, 6.45) is 1.25. The van der Waals surface area contributed by atoms with Gasteiger partial charge in [-0.1, -0.05) is 25.1 Å². The van der Waals surface area contributed by atoms with Gasteiger partial charge in [0.05, 0.1) is 0 Å². The number of aromatic amines is 1. The summed E-state index contributed by atoms with van der Waals surface area (Å²) in [5.41, 5.74) is 0.706. The van der Waals surface area contributed by atoms with Crippen molar-refractivity contribution in [1.29, 1.82) is 0 Å². The third-order valence-corrected chi connectivity index (χ3v) is 3.03. The molecule has 0 aliphatic rings. The monoisotopic (exact) mass is 276 g/mol. The van der Waals surface area contributed by atoms with Gasteiger partial charge in [-0.15, -0.1) is 0 Å². The number of rotatable bonds is 5. The van der Waals surface area contributed by atoms with Crippen LogP contribution in [0.1, 0.15) is 25.5 Å². The Morgan fingerprint density at radius 2 is 2.05 bits per heavy atom. The Balaban J connectivity index is 2.27. The predicted molar refractivity (Wildman–Crippen MR) is 72.2 cm³/mol. The summed E-state index contributed by atoms with van der Waals surface area (Å²) in [7, 11) is 1.68. The Bertz CT molecular complexity index is 631. The number of aromatic nitrogens is 2. The smallest absolute Gasteiger partial charge is 0.335 e. The molecule has 2 aromatic rings. The van der Waals surface area contributed by atoms with Crippen molar-refractivity contribution in [3.05, 3.63) is 46.4 Å². The van der Waals surface area contributed by atoms with Gasteiger partial charge in [-0.2, -0.15) is 0 Å². The van der Waals surface area contributed by atoms with Crippen LogP contribution in [-0.4, -0.2) is 23.1 Å². The number of hydrogen-bond acceptors (Lipinski definition) is 3. The van der Waals surface area contributed by atoms with E-state index in [4.69, 9.17) is 4.52 Å². The van der Waals surface area contributed by atoms with E-state index in [0.29, 0.717) is 12.1 Å². The first kappa shape index (κ1) is 14.0. The average Bonchev–Trinajstić information content (AvgIpc) is 2.81. The molecule has 0 saturated heterocycles. The summed E-state index contributed by atoms with van der Waals surface area (Å²) < 4.78 is 6.39. The fraction of sp³-hybridized carbons (Fsp3) is 0.357. The standard InChI is InChI=1S/C14H17N3O3/c1-3-7-13(18)16(2)10-12-14(19)20-15-17(12)11-8-5-4-6-9-11/h4-6,8-9H,3,7,10H2,1-2H3/p+1. The molecule has 2 rings (SSSR count). The zero-order valence-electron chi connectivity index (χ0n) is 11.6. The van der Waals surface area contributed by atoms with Crippen molar-refractivity contribution >= 4 is 5.91 Å². The van der Waals surface area contributed by atoms with Crippen LogP contribution in [0.4, 0.5) is 0 Å². The summed E-state index contributed by atoms with van der Waals surface area (Å²) in [4.78, 5) is 25.1. The molecule has 6 nitrogen and oxygen atoms in total. The van der Waals surface area contributed by atoms with Crippen LogP contribution in [-0.2, 0) is 11.3 Å². The normalized spacial score (nSPS) is 10.5. The zero-order chi connectivity index (χ0) is 14.5. The molecule has 0 unspecified atom stereocenters. The van der Waals surface area contributed by atoms with E-state index in [9.17, 15) is 9.59 Å². The van der Waals surface area contributed by atoms with Crippen LogP contribution in [0.15, 0.2) is 39.6 Å². The molecule has 0 aliphatic carbocycles. The van der Waals surface area contributed by atoms with E-state index < -0.39 is 5.63 Å². The number of hydrogen-bond donors (Lipinski definition) is 1. The lowest BCUT2D eigenvalue weighted by atomic mass is 10.3. The quantitative estimate of drug-likeness (QED) is 0.828. The second kappa shape index (κ2) is 6.18. The molecule has 0 fully saturated rings. The molecule has 106 valence electrons. The van der Waals surface area contributed by atoms with Gasteiger partial charge in [0.2, 0.25) is 11.6 Å². The highest BCUT2D eigenvalue weighted by atomic mass is 16.5. The van der Waals surface area contributed by atoms with Gasteiger partial charge in [0.25, 0.3) is 0 Å². The Labute approximate surface area is 116 Å². The molecule has 0 spiro atoms. The topological polar surface area (TPSA) is 70.2 Å². The van der Waals surface area contributed by atoms with Gasteiger partial charge in [0, 0.05) is 25.6 Å². The lowest BCUT2D eigenvalue weighted by Crippen LogP contribution is -2.42. The first-order chi connectivity index (χ1) is 9.63. The molecule has 1 aromatic heterocycles. The number of carbonyl (C=O) groups excluding carboxylic acids is 1. The minimum atomic E-state index is -0.468. The first-order valence-corrected chi connectivity index (χ1v) is 6.55. The van der Waals surface area contributed by atoms with Crippen LogP contribution in [0.25, 0.3) is 5.69 Å². The second-order valence-electron chi connectivity index (χ2n) is 4.60. The molecule has 0 atom stereocenters. The molecule has 1 amide bonds. The summed E-state index contributed by atoms with van der Waals surface area (Å²) in [6, 6.07) is 9.32. The van der Waals surface area contributed by atoms with Gasteiger partial charge in [-0.05, 0) is 16.4 Å². The van der Waals surface area contributed by atoms with Crippen LogP contribution in [0.5, 0.6) is 0 Å². The van der Waals surface area contributed by atoms with Crippen molar-refractivity contribution in [2.24, 2.45) is 0 Å². The third-order valence-electron chi connectivity index (χ3n) is 3.03. The second-order valence-corrected chi connectivity index (χ2v) is 4.60. The van der Waals surface area contributed by atoms with Crippen molar-refractivity contribution in [1.82, 2.24) is 10.2 Å². The maximum absolute atomic E-state index is 11.8. The lowest BCUT2D eigenvalue weighted by molar-refractivity contribution is -0.678. The molecular weight excluding hydrogens is 258 g/mol. The zero-order valence-corrected chi connectivity index (χ0v) is 11.6. The first-order valence-electron chi connectivity index (χ1n) is 6.55. The van der Waals surface area contributed by atoms with Gasteiger partial charge in [0.1, 0.15) is 6.54 Å². The largest absolute Gasteiger partial charge is 0.432 e. The lowest BCUT2D eigenvalue weighted by Gasteiger charge is -2.13. The van der Waals surface area contributed by atoms with E-state index in [1.54, 1.807) is 11.7 Å². The van der Waals surface area contributed by atoms with E-state index in [1.807, 2.05) is 37.3 Å². The SMILES string of the molecule is CCCC(=O)N(C)Cc1c(=O)o[nH][n+]1-c1ccccc1. The minimum absolute atomic E-state index is 0.00714. The van der Waals surface area contributed by atoms with Crippen LogP contribution >= 0.6 is 0 Å². The van der Waals surface area contributed by atoms with Gasteiger partial charge in [-0.3, -0.25) is 9.32 Å². The summed E-state index contributed by atoms with van der Waals surface area (Å²) in [5, 5.41) is 2.56. The predicted octanol–water partition coefficient (Wildman–Crippen LogP) is 1.00. The average molecular weight is 276 g/mol. The molecule has 1 N–H and O–H groups in total. The molecule has 0 radical (unpaired) electrons. The van der Waals surface area contributed by atoms with E-state index in [2.05, 4.69) is 5.27 Å². The molecule has 1 heterocycles. The van der Waals surface area contributed by atoms with Crippen molar-refractivity contribution in [2.45, 2.75) is 26.3 Å². The van der Waals surface area contributed by atoms with E-state index in [-0.39, 0.29) is 12.5 Å². The minimum Gasteiger partial charge on any atom is -0.335 e.